The van der Waals surface area contributed by atoms with Crippen LogP contribution in [0.1, 0.15) is 10.6 Å². The normalized spacial score (nSPS) is 10.7. The van der Waals surface area contributed by atoms with Crippen molar-refractivity contribution in [3.8, 4) is 10.6 Å². The fraction of sp³-hybridized carbons (Fsp3) is 0.188. The Morgan fingerprint density at radius 1 is 1.30 bits per heavy atom. The lowest BCUT2D eigenvalue weighted by atomic mass is 10.2. The van der Waals surface area contributed by atoms with Crippen LogP contribution in [-0.4, -0.2) is 14.8 Å². The van der Waals surface area contributed by atoms with Crippen LogP contribution in [0.3, 0.4) is 0 Å². The highest BCUT2D eigenvalue weighted by atomic mass is 35.5. The molecule has 1 N–H and O–H groups in total. The van der Waals surface area contributed by atoms with Gasteiger partial charge in [-0.05, 0) is 6.92 Å². The predicted molar refractivity (Wildman–Crippen MR) is 94.1 cm³/mol. The van der Waals surface area contributed by atoms with Gasteiger partial charge in [0.15, 0.2) is 0 Å². The molecule has 2 heterocycles. The van der Waals surface area contributed by atoms with Gasteiger partial charge in [-0.1, -0.05) is 41.9 Å². The molecule has 0 aliphatic carbocycles. The average Bonchev–Trinajstić information content (AvgIpc) is 2.94. The van der Waals surface area contributed by atoms with Gasteiger partial charge in [-0.15, -0.1) is 11.3 Å². The van der Waals surface area contributed by atoms with Crippen molar-refractivity contribution in [1.82, 2.24) is 14.8 Å². The summed E-state index contributed by atoms with van der Waals surface area (Å²) >= 11 is 7.68. The third-order valence-corrected chi connectivity index (χ3v) is 5.00. The number of hydrogen-bond donors (Lipinski definition) is 1. The Kier molecular flexibility index (Phi) is 4.45. The zero-order valence-electron chi connectivity index (χ0n) is 12.7. The van der Waals surface area contributed by atoms with Crippen molar-refractivity contribution in [2.24, 2.45) is 7.05 Å². The van der Waals surface area contributed by atoms with Crippen LogP contribution in [0.4, 0.5) is 5.69 Å². The molecule has 23 heavy (non-hydrogen) atoms. The van der Waals surface area contributed by atoms with Gasteiger partial charge in [-0.2, -0.15) is 5.10 Å². The first kappa shape index (κ1) is 15.7. The van der Waals surface area contributed by atoms with Crippen molar-refractivity contribution < 1.29 is 0 Å². The second-order valence-corrected chi connectivity index (χ2v) is 6.51. The minimum absolute atomic E-state index is 0.146. The number of anilines is 1. The zero-order valence-corrected chi connectivity index (χ0v) is 14.3. The zero-order chi connectivity index (χ0) is 16.4. The van der Waals surface area contributed by atoms with E-state index < -0.39 is 0 Å². The molecule has 0 fully saturated rings. The summed E-state index contributed by atoms with van der Waals surface area (Å²) in [5.74, 6) is 0. The Bertz CT molecular complexity index is 889. The van der Waals surface area contributed by atoms with Crippen molar-refractivity contribution in [3.05, 3.63) is 62.5 Å². The minimum Gasteiger partial charge on any atom is -0.377 e. The SMILES string of the molecule is Cc1nc(-c2ccccc2)sc1CNc1cnn(C)c(=O)c1Cl. The second-order valence-electron chi connectivity index (χ2n) is 5.05. The number of aromatic nitrogens is 3. The summed E-state index contributed by atoms with van der Waals surface area (Å²) in [6.45, 7) is 2.52. The summed E-state index contributed by atoms with van der Waals surface area (Å²) in [4.78, 5) is 17.5. The molecule has 0 saturated heterocycles. The quantitative estimate of drug-likeness (QED) is 0.785. The lowest BCUT2D eigenvalue weighted by Crippen LogP contribution is -2.21. The van der Waals surface area contributed by atoms with Crippen LogP contribution in [0.15, 0.2) is 41.3 Å². The molecule has 2 aromatic heterocycles. The molecular weight excluding hydrogens is 332 g/mol. The molecule has 0 bridgehead atoms. The lowest BCUT2D eigenvalue weighted by Gasteiger charge is -2.07. The number of nitrogens with one attached hydrogen (secondary N) is 1. The predicted octanol–water partition coefficient (Wildman–Crippen LogP) is 3.48. The largest absolute Gasteiger partial charge is 0.377 e. The van der Waals surface area contributed by atoms with Gasteiger partial charge < -0.3 is 5.32 Å². The first-order chi connectivity index (χ1) is 11.1. The number of aryl methyl sites for hydroxylation is 2. The number of hydrogen-bond acceptors (Lipinski definition) is 5. The van der Waals surface area contributed by atoms with Crippen LogP contribution in [-0.2, 0) is 13.6 Å². The summed E-state index contributed by atoms with van der Waals surface area (Å²) in [5.41, 5.74) is 2.28. The summed E-state index contributed by atoms with van der Waals surface area (Å²) in [7, 11) is 1.57. The summed E-state index contributed by atoms with van der Waals surface area (Å²) < 4.78 is 1.21. The molecule has 0 saturated carbocycles. The molecule has 5 nitrogen and oxygen atoms in total. The maximum Gasteiger partial charge on any atom is 0.287 e. The van der Waals surface area contributed by atoms with Crippen LogP contribution >= 0.6 is 22.9 Å². The molecular formula is C16H15ClN4OS. The third-order valence-electron chi connectivity index (χ3n) is 3.43. The highest BCUT2D eigenvalue weighted by Crippen LogP contribution is 2.28. The molecule has 0 spiro atoms. The Hall–Kier alpha value is -2.18. The van der Waals surface area contributed by atoms with Gasteiger partial charge >= 0.3 is 0 Å². The average molecular weight is 347 g/mol. The highest BCUT2D eigenvalue weighted by molar-refractivity contribution is 7.15. The Morgan fingerprint density at radius 3 is 2.78 bits per heavy atom. The van der Waals surface area contributed by atoms with Crippen LogP contribution in [0.5, 0.6) is 0 Å². The third kappa shape index (κ3) is 3.28. The van der Waals surface area contributed by atoms with Crippen molar-refractivity contribution in [2.45, 2.75) is 13.5 Å². The van der Waals surface area contributed by atoms with Gasteiger partial charge in [0, 0.05) is 17.5 Å². The van der Waals surface area contributed by atoms with Crippen molar-refractivity contribution in [2.75, 3.05) is 5.32 Å². The van der Waals surface area contributed by atoms with Gasteiger partial charge in [0.2, 0.25) is 0 Å². The maximum absolute atomic E-state index is 11.8. The molecule has 0 radical (unpaired) electrons. The number of thiazole rings is 1. The Labute approximate surface area is 142 Å². The van der Waals surface area contributed by atoms with Crippen LogP contribution < -0.4 is 10.9 Å². The molecule has 0 atom stereocenters. The smallest absolute Gasteiger partial charge is 0.287 e. The molecule has 3 aromatic rings. The van der Waals surface area contributed by atoms with E-state index >= 15 is 0 Å². The molecule has 3 rings (SSSR count). The van der Waals surface area contributed by atoms with Crippen molar-refractivity contribution in [1.29, 1.82) is 0 Å². The van der Waals surface area contributed by atoms with Gasteiger partial charge in [-0.25, -0.2) is 9.67 Å². The summed E-state index contributed by atoms with van der Waals surface area (Å²) in [6, 6.07) is 10.1. The Morgan fingerprint density at radius 2 is 2.04 bits per heavy atom. The number of halogens is 1. The fourth-order valence-electron chi connectivity index (χ4n) is 2.11. The number of benzene rings is 1. The van der Waals surface area contributed by atoms with Gasteiger partial charge in [0.25, 0.3) is 5.56 Å². The first-order valence-electron chi connectivity index (χ1n) is 7.03. The first-order valence-corrected chi connectivity index (χ1v) is 8.23. The topological polar surface area (TPSA) is 59.8 Å². The minimum atomic E-state index is -0.317. The van der Waals surface area contributed by atoms with E-state index in [4.69, 9.17) is 11.6 Å². The van der Waals surface area contributed by atoms with Crippen molar-refractivity contribution >= 4 is 28.6 Å². The van der Waals surface area contributed by atoms with E-state index in [2.05, 4.69) is 15.4 Å². The van der Waals surface area contributed by atoms with Gasteiger partial charge in [0.1, 0.15) is 10.0 Å². The maximum atomic E-state index is 11.8. The fourth-order valence-corrected chi connectivity index (χ4v) is 3.35. The molecule has 118 valence electrons. The summed E-state index contributed by atoms with van der Waals surface area (Å²) in [6.07, 6.45) is 1.55. The number of nitrogens with zero attached hydrogens (tertiary/aromatic N) is 3. The van der Waals surface area contributed by atoms with Crippen LogP contribution in [0.2, 0.25) is 5.02 Å². The second kappa shape index (κ2) is 6.52. The van der Waals surface area contributed by atoms with Crippen LogP contribution in [0.25, 0.3) is 10.6 Å². The van der Waals surface area contributed by atoms with E-state index in [0.29, 0.717) is 12.2 Å². The van der Waals surface area contributed by atoms with Crippen molar-refractivity contribution in [3.63, 3.8) is 0 Å². The Balaban J connectivity index is 1.81. The van der Waals surface area contributed by atoms with Gasteiger partial charge in [-0.3, -0.25) is 4.79 Å². The monoisotopic (exact) mass is 346 g/mol. The molecule has 7 heteroatoms. The van der Waals surface area contributed by atoms with E-state index in [1.807, 2.05) is 37.3 Å². The standard InChI is InChI=1S/C16H15ClN4OS/c1-10-13(23-15(20-10)11-6-4-3-5-7-11)9-18-12-8-19-21(2)16(22)14(12)17/h3-8,18H,9H2,1-2H3. The van der Waals surface area contributed by atoms with Crippen LogP contribution in [0, 0.1) is 6.92 Å². The lowest BCUT2D eigenvalue weighted by molar-refractivity contribution is 0.708. The number of rotatable bonds is 4. The van der Waals surface area contributed by atoms with E-state index in [-0.39, 0.29) is 10.6 Å². The molecule has 0 unspecified atom stereocenters. The molecule has 0 amide bonds. The molecule has 0 aliphatic rings. The van der Waals surface area contributed by atoms with E-state index in [1.165, 1.54) is 4.68 Å². The molecule has 1 aromatic carbocycles. The van der Waals surface area contributed by atoms with E-state index in [0.717, 1.165) is 21.1 Å². The van der Waals surface area contributed by atoms with Gasteiger partial charge in [0.05, 0.1) is 24.1 Å². The van der Waals surface area contributed by atoms with E-state index in [1.54, 1.807) is 24.6 Å². The highest BCUT2D eigenvalue weighted by Gasteiger charge is 2.11. The summed E-state index contributed by atoms with van der Waals surface area (Å²) in [5, 5.41) is 8.26. The molecule has 0 aliphatic heterocycles. The van der Waals surface area contributed by atoms with E-state index in [9.17, 15) is 4.79 Å².